The molecule has 3 N–H and O–H groups in total. The van der Waals surface area contributed by atoms with Crippen LogP contribution in [0.5, 0.6) is 5.75 Å². The summed E-state index contributed by atoms with van der Waals surface area (Å²) in [5.41, 5.74) is 0.907. The molecule has 0 spiro atoms. The Morgan fingerprint density at radius 1 is 1.34 bits per heavy atom. The van der Waals surface area contributed by atoms with Gasteiger partial charge in [0.25, 0.3) is 11.8 Å². The number of aliphatic carboxylic acids is 1. The Morgan fingerprint density at radius 3 is 2.76 bits per heavy atom. The van der Waals surface area contributed by atoms with Gasteiger partial charge in [-0.25, -0.2) is 4.79 Å². The molecule has 0 radical (unpaired) electrons. The number of fused-ring (bicyclic) bond motifs is 1. The summed E-state index contributed by atoms with van der Waals surface area (Å²) in [4.78, 5) is 60.6. The first-order valence-corrected chi connectivity index (χ1v) is 9.23. The van der Waals surface area contributed by atoms with Crippen molar-refractivity contribution < 1.29 is 33.8 Å². The van der Waals surface area contributed by atoms with Crippen molar-refractivity contribution in [1.29, 1.82) is 0 Å². The third kappa shape index (κ3) is 4.20. The van der Waals surface area contributed by atoms with Crippen LogP contribution >= 0.6 is 0 Å². The van der Waals surface area contributed by atoms with E-state index < -0.39 is 36.5 Å². The van der Waals surface area contributed by atoms with Gasteiger partial charge in [0.15, 0.2) is 6.61 Å². The van der Waals surface area contributed by atoms with Crippen LogP contribution in [0.3, 0.4) is 0 Å². The summed E-state index contributed by atoms with van der Waals surface area (Å²) in [6.07, 6.45) is 0.635. The topological polar surface area (TPSA) is 142 Å². The van der Waals surface area contributed by atoms with Crippen molar-refractivity contribution in [2.75, 3.05) is 6.61 Å². The smallest absolute Gasteiger partial charge is 0.326 e. The number of hydrogen-bond acceptors (Lipinski definition) is 6. The summed E-state index contributed by atoms with van der Waals surface area (Å²) in [5, 5.41) is 13.6. The van der Waals surface area contributed by atoms with E-state index in [2.05, 4.69) is 10.6 Å². The molecule has 1 unspecified atom stereocenters. The molecule has 1 aromatic carbocycles. The van der Waals surface area contributed by atoms with Crippen LogP contribution in [0, 0.1) is 0 Å². The van der Waals surface area contributed by atoms with Crippen molar-refractivity contribution in [3.05, 3.63) is 29.3 Å². The molecule has 10 heteroatoms. The minimum Gasteiger partial charge on any atom is -0.483 e. The standard InChI is InChI=1S/C19H21N3O7/c1-2-12(19(27)28)20-16(24)9-29-14-5-3-4-10-11(14)8-22(18(10)26)13-6-7-15(23)21-17(13)25/h3-5,12-13H,2,6-9H2,1H3,(H,20,24)(H,27,28)(H,21,23,25)/t12-,13?/m1/s1. The monoisotopic (exact) mass is 403 g/mol. The van der Waals surface area contributed by atoms with Crippen molar-refractivity contribution in [1.82, 2.24) is 15.5 Å². The van der Waals surface area contributed by atoms with Gasteiger partial charge in [0.1, 0.15) is 17.8 Å². The summed E-state index contributed by atoms with van der Waals surface area (Å²) >= 11 is 0. The molecule has 2 aliphatic heterocycles. The summed E-state index contributed by atoms with van der Waals surface area (Å²) < 4.78 is 5.53. The highest BCUT2D eigenvalue weighted by molar-refractivity contribution is 6.05. The Morgan fingerprint density at radius 2 is 2.10 bits per heavy atom. The predicted molar refractivity (Wildman–Crippen MR) is 97.8 cm³/mol. The number of piperidine rings is 1. The van der Waals surface area contributed by atoms with Crippen LogP contribution in [0.2, 0.25) is 0 Å². The highest BCUT2D eigenvalue weighted by Gasteiger charge is 2.40. The van der Waals surface area contributed by atoms with E-state index in [-0.39, 0.29) is 37.6 Å². The average Bonchev–Trinajstić information content (AvgIpc) is 3.01. The van der Waals surface area contributed by atoms with E-state index in [0.717, 1.165) is 0 Å². The number of carbonyl (C=O) groups is 5. The van der Waals surface area contributed by atoms with E-state index in [4.69, 9.17) is 9.84 Å². The number of amides is 4. The number of nitrogens with zero attached hydrogens (tertiary/aromatic N) is 1. The zero-order valence-electron chi connectivity index (χ0n) is 15.8. The van der Waals surface area contributed by atoms with E-state index >= 15 is 0 Å². The second-order valence-corrected chi connectivity index (χ2v) is 6.84. The molecule has 1 aromatic rings. The third-order valence-electron chi connectivity index (χ3n) is 4.94. The van der Waals surface area contributed by atoms with Crippen molar-refractivity contribution in [3.63, 3.8) is 0 Å². The van der Waals surface area contributed by atoms with E-state index in [9.17, 15) is 24.0 Å². The molecule has 3 rings (SSSR count). The molecule has 0 bridgehead atoms. The minimum atomic E-state index is -1.13. The number of benzene rings is 1. The van der Waals surface area contributed by atoms with Crippen LogP contribution in [0.1, 0.15) is 42.1 Å². The Labute approximate surface area is 166 Å². The SMILES string of the molecule is CC[C@@H](NC(=O)COc1cccc2c1CN(C1CCC(=O)NC1=O)C2=O)C(=O)O. The summed E-state index contributed by atoms with van der Waals surface area (Å²) in [7, 11) is 0. The highest BCUT2D eigenvalue weighted by atomic mass is 16.5. The Balaban J connectivity index is 1.69. The predicted octanol–water partition coefficient (Wildman–Crippen LogP) is -0.194. The van der Waals surface area contributed by atoms with Crippen LogP contribution in [-0.2, 0) is 25.7 Å². The molecular formula is C19H21N3O7. The van der Waals surface area contributed by atoms with Crippen LogP contribution < -0.4 is 15.4 Å². The number of rotatable bonds is 7. The lowest BCUT2D eigenvalue weighted by molar-refractivity contribution is -0.142. The van der Waals surface area contributed by atoms with Gasteiger partial charge in [-0.15, -0.1) is 0 Å². The lowest BCUT2D eigenvalue weighted by Crippen LogP contribution is -2.52. The molecule has 2 aliphatic rings. The van der Waals surface area contributed by atoms with Gasteiger partial charge in [-0.05, 0) is 25.0 Å². The quantitative estimate of drug-likeness (QED) is 0.536. The van der Waals surface area contributed by atoms with Crippen molar-refractivity contribution in [2.45, 2.75) is 44.8 Å². The second-order valence-electron chi connectivity index (χ2n) is 6.84. The zero-order chi connectivity index (χ0) is 21.1. The summed E-state index contributed by atoms with van der Waals surface area (Å²) in [6, 6.07) is 3.06. The lowest BCUT2D eigenvalue weighted by Gasteiger charge is -2.29. The Kier molecular flexibility index (Phi) is 5.81. The average molecular weight is 403 g/mol. The van der Waals surface area contributed by atoms with Crippen molar-refractivity contribution in [3.8, 4) is 5.75 Å². The van der Waals surface area contributed by atoms with Crippen LogP contribution in [0.15, 0.2) is 18.2 Å². The van der Waals surface area contributed by atoms with Crippen LogP contribution in [-0.4, -0.2) is 58.3 Å². The van der Waals surface area contributed by atoms with Gasteiger partial charge in [0.2, 0.25) is 11.8 Å². The first kappa shape index (κ1) is 20.3. The molecule has 154 valence electrons. The van der Waals surface area contributed by atoms with E-state index in [1.165, 1.54) is 4.90 Å². The van der Waals surface area contributed by atoms with Gasteiger partial charge in [0.05, 0.1) is 6.54 Å². The number of carboxylic acid groups (broad SMARTS) is 1. The molecule has 0 aromatic heterocycles. The largest absolute Gasteiger partial charge is 0.483 e. The number of nitrogens with one attached hydrogen (secondary N) is 2. The van der Waals surface area contributed by atoms with E-state index in [1.807, 2.05) is 0 Å². The first-order valence-electron chi connectivity index (χ1n) is 9.23. The molecule has 0 aliphatic carbocycles. The van der Waals surface area contributed by atoms with Crippen molar-refractivity contribution in [2.24, 2.45) is 0 Å². The van der Waals surface area contributed by atoms with E-state index in [1.54, 1.807) is 25.1 Å². The molecule has 10 nitrogen and oxygen atoms in total. The normalized spacial score (nSPS) is 19.4. The summed E-state index contributed by atoms with van der Waals surface area (Å²) in [6.45, 7) is 1.34. The molecule has 2 heterocycles. The molecule has 1 fully saturated rings. The zero-order valence-corrected chi connectivity index (χ0v) is 15.8. The van der Waals surface area contributed by atoms with Gasteiger partial charge in [-0.3, -0.25) is 24.5 Å². The fraction of sp³-hybridized carbons (Fsp3) is 0.421. The molecule has 1 saturated heterocycles. The first-order chi connectivity index (χ1) is 13.8. The van der Waals surface area contributed by atoms with Crippen LogP contribution in [0.25, 0.3) is 0 Å². The number of hydrogen-bond donors (Lipinski definition) is 3. The molecule has 0 saturated carbocycles. The third-order valence-corrected chi connectivity index (χ3v) is 4.94. The van der Waals surface area contributed by atoms with E-state index in [0.29, 0.717) is 16.9 Å². The van der Waals surface area contributed by atoms with Gasteiger partial charge in [-0.1, -0.05) is 13.0 Å². The lowest BCUT2D eigenvalue weighted by atomic mass is 10.0. The molecule has 29 heavy (non-hydrogen) atoms. The number of imide groups is 1. The molecule has 2 atom stereocenters. The van der Waals surface area contributed by atoms with Gasteiger partial charge >= 0.3 is 5.97 Å². The number of carbonyl (C=O) groups excluding carboxylic acids is 4. The maximum atomic E-state index is 12.7. The maximum Gasteiger partial charge on any atom is 0.326 e. The minimum absolute atomic E-state index is 0.116. The highest BCUT2D eigenvalue weighted by Crippen LogP contribution is 2.33. The maximum absolute atomic E-state index is 12.7. The fourth-order valence-electron chi connectivity index (χ4n) is 3.41. The number of carboxylic acids is 1. The van der Waals surface area contributed by atoms with Gasteiger partial charge < -0.3 is 20.1 Å². The van der Waals surface area contributed by atoms with Crippen LogP contribution in [0.4, 0.5) is 0 Å². The number of ether oxygens (including phenoxy) is 1. The Bertz CT molecular complexity index is 883. The second kappa shape index (κ2) is 8.29. The van der Waals surface area contributed by atoms with Gasteiger partial charge in [0, 0.05) is 17.5 Å². The Hall–Kier alpha value is -3.43. The summed E-state index contributed by atoms with van der Waals surface area (Å²) in [5.74, 6) is -2.64. The molecular weight excluding hydrogens is 382 g/mol. The van der Waals surface area contributed by atoms with Crippen molar-refractivity contribution >= 4 is 29.6 Å². The fourth-order valence-corrected chi connectivity index (χ4v) is 3.41. The van der Waals surface area contributed by atoms with Gasteiger partial charge in [-0.2, -0.15) is 0 Å². The molecule has 4 amide bonds.